The molecule has 10 heteroatoms. The highest BCUT2D eigenvalue weighted by Gasteiger charge is 2.31. The third kappa shape index (κ3) is 2.19. The lowest BCUT2D eigenvalue weighted by atomic mass is 10.2. The second-order valence-electron chi connectivity index (χ2n) is 4.48. The number of rotatable bonds is 1. The number of nitrogen functional groups attached to an aromatic ring is 1. The fourth-order valence-electron chi connectivity index (χ4n) is 2.05. The quantitative estimate of drug-likeness (QED) is 0.710. The Hall–Kier alpha value is -2.23. The summed E-state index contributed by atoms with van der Waals surface area (Å²) in [4.78, 5) is 15.6. The van der Waals surface area contributed by atoms with Crippen LogP contribution in [0.2, 0.25) is 0 Å². The maximum atomic E-state index is 12.6. The smallest absolute Gasteiger partial charge is 0.383 e. The maximum Gasteiger partial charge on any atom is 0.419 e. The van der Waals surface area contributed by atoms with Crippen molar-refractivity contribution >= 4 is 32.8 Å². The van der Waals surface area contributed by atoms with Gasteiger partial charge in [-0.3, -0.25) is 0 Å². The summed E-state index contributed by atoms with van der Waals surface area (Å²) in [6.07, 6.45) is -1.72. The Morgan fingerprint density at radius 1 is 1.14 bits per heavy atom. The molecule has 0 bridgehead atoms. The minimum Gasteiger partial charge on any atom is -0.383 e. The van der Waals surface area contributed by atoms with Crippen molar-refractivity contribution in [3.8, 4) is 11.4 Å². The molecule has 0 unspecified atom stereocenters. The number of aryl methyl sites for hydroxylation is 1. The molecule has 0 spiro atoms. The van der Waals surface area contributed by atoms with Gasteiger partial charge >= 0.3 is 6.18 Å². The summed E-state index contributed by atoms with van der Waals surface area (Å²) in [5, 5.41) is 0.483. The van der Waals surface area contributed by atoms with Crippen LogP contribution < -0.4 is 5.73 Å². The summed E-state index contributed by atoms with van der Waals surface area (Å²) in [6.45, 7) is 0. The van der Waals surface area contributed by atoms with Gasteiger partial charge in [0.05, 0.1) is 21.1 Å². The molecule has 0 radical (unpaired) electrons. The highest BCUT2D eigenvalue weighted by molar-refractivity contribution is 9.10. The fraction of sp³-hybridized carbons (Fsp3) is 0.167. The Kier molecular flexibility index (Phi) is 3.28. The molecule has 6 nitrogen and oxygen atoms in total. The molecular weight excluding hydrogens is 365 g/mol. The van der Waals surface area contributed by atoms with Gasteiger partial charge in [-0.2, -0.15) is 13.2 Å². The molecule has 0 saturated carbocycles. The highest BCUT2D eigenvalue weighted by Crippen LogP contribution is 2.37. The molecule has 3 rings (SSSR count). The molecule has 0 aliphatic rings. The van der Waals surface area contributed by atoms with Crippen LogP contribution in [0.4, 0.5) is 19.0 Å². The van der Waals surface area contributed by atoms with E-state index in [1.165, 1.54) is 6.33 Å². The molecule has 2 N–H and O–H groups in total. The molecular formula is C12H8BrF3N6. The zero-order valence-corrected chi connectivity index (χ0v) is 12.6. The summed E-state index contributed by atoms with van der Waals surface area (Å²) < 4.78 is 40.0. The van der Waals surface area contributed by atoms with Gasteiger partial charge < -0.3 is 10.3 Å². The zero-order valence-electron chi connectivity index (χ0n) is 11.1. The normalized spacial score (nSPS) is 12.0. The standard InChI is InChI=1S/C12H8BrF3N6/c1-22-8(13)6(7-9(17)20-4-21-11(7)22)10-18-2-5(3-19-10)12(14,15)16/h2-4H,1H3,(H2,17,20,21). The van der Waals surface area contributed by atoms with E-state index in [0.29, 0.717) is 21.2 Å². The summed E-state index contributed by atoms with van der Waals surface area (Å²) in [6, 6.07) is 0. The number of aromatic nitrogens is 5. The van der Waals surface area contributed by atoms with E-state index < -0.39 is 11.7 Å². The van der Waals surface area contributed by atoms with Crippen molar-refractivity contribution in [2.75, 3.05) is 5.73 Å². The Bertz CT molecular complexity index is 856. The van der Waals surface area contributed by atoms with Crippen molar-refractivity contribution < 1.29 is 13.2 Å². The monoisotopic (exact) mass is 372 g/mol. The number of fused-ring (bicyclic) bond motifs is 1. The molecule has 114 valence electrons. The predicted molar refractivity (Wildman–Crippen MR) is 76.6 cm³/mol. The molecule has 0 saturated heterocycles. The molecule has 0 aromatic carbocycles. The number of nitrogens with two attached hydrogens (primary N) is 1. The summed E-state index contributed by atoms with van der Waals surface area (Å²) in [7, 11) is 1.73. The van der Waals surface area contributed by atoms with Gasteiger partial charge in [-0.25, -0.2) is 19.9 Å². The number of nitrogens with zero attached hydrogens (tertiary/aromatic N) is 5. The van der Waals surface area contributed by atoms with Gasteiger partial charge in [-0.05, 0) is 15.9 Å². The molecule has 0 fully saturated rings. The van der Waals surface area contributed by atoms with E-state index in [0.717, 1.165) is 12.4 Å². The first-order valence-electron chi connectivity index (χ1n) is 5.94. The average Bonchev–Trinajstić information content (AvgIpc) is 2.72. The van der Waals surface area contributed by atoms with Crippen LogP contribution in [0.3, 0.4) is 0 Å². The highest BCUT2D eigenvalue weighted by atomic mass is 79.9. The summed E-state index contributed by atoms with van der Waals surface area (Å²) >= 11 is 3.36. The zero-order chi connectivity index (χ0) is 16.1. The topological polar surface area (TPSA) is 82.5 Å². The first-order chi connectivity index (χ1) is 10.3. The number of hydrogen-bond donors (Lipinski definition) is 1. The largest absolute Gasteiger partial charge is 0.419 e. The van der Waals surface area contributed by atoms with Crippen LogP contribution in [0.15, 0.2) is 23.3 Å². The van der Waals surface area contributed by atoms with E-state index in [1.807, 2.05) is 0 Å². The molecule has 0 amide bonds. The van der Waals surface area contributed by atoms with Crippen LogP contribution in [-0.2, 0) is 13.2 Å². The van der Waals surface area contributed by atoms with E-state index >= 15 is 0 Å². The van der Waals surface area contributed by atoms with Crippen molar-refractivity contribution in [1.82, 2.24) is 24.5 Å². The molecule has 3 aromatic heterocycles. The third-order valence-corrected chi connectivity index (χ3v) is 4.06. The second-order valence-corrected chi connectivity index (χ2v) is 5.23. The minimum atomic E-state index is -4.49. The van der Waals surface area contributed by atoms with E-state index in [9.17, 15) is 13.2 Å². The van der Waals surface area contributed by atoms with Crippen molar-refractivity contribution in [1.29, 1.82) is 0 Å². The van der Waals surface area contributed by atoms with Crippen molar-refractivity contribution in [2.45, 2.75) is 6.18 Å². The Morgan fingerprint density at radius 3 is 2.36 bits per heavy atom. The van der Waals surface area contributed by atoms with Gasteiger partial charge in [0.15, 0.2) is 5.82 Å². The van der Waals surface area contributed by atoms with E-state index in [1.54, 1.807) is 11.6 Å². The van der Waals surface area contributed by atoms with Gasteiger partial charge in [0.25, 0.3) is 0 Å². The predicted octanol–water partition coefficient (Wildman–Crippen LogP) is 2.79. The summed E-state index contributed by atoms with van der Waals surface area (Å²) in [5.74, 6) is 0.303. The van der Waals surface area contributed by atoms with E-state index in [-0.39, 0.29) is 11.6 Å². The Balaban J connectivity index is 2.25. The van der Waals surface area contributed by atoms with E-state index in [4.69, 9.17) is 5.73 Å². The Labute approximate surface area is 130 Å². The number of halogens is 4. The van der Waals surface area contributed by atoms with Crippen LogP contribution >= 0.6 is 15.9 Å². The summed E-state index contributed by atoms with van der Waals surface area (Å²) in [5.41, 5.74) is 5.91. The van der Waals surface area contributed by atoms with Crippen LogP contribution in [0.25, 0.3) is 22.4 Å². The number of anilines is 1. The Morgan fingerprint density at radius 2 is 1.77 bits per heavy atom. The van der Waals surface area contributed by atoms with Gasteiger partial charge in [0.1, 0.15) is 17.8 Å². The van der Waals surface area contributed by atoms with Gasteiger partial charge in [-0.15, -0.1) is 0 Å². The minimum absolute atomic E-state index is 0.104. The molecule has 3 heterocycles. The SMILES string of the molecule is Cn1c(Br)c(-c2ncc(C(F)(F)F)cn2)c2c(N)ncnc21. The van der Waals surface area contributed by atoms with Crippen LogP contribution in [0, 0.1) is 0 Å². The molecule has 22 heavy (non-hydrogen) atoms. The molecule has 3 aromatic rings. The lowest BCUT2D eigenvalue weighted by molar-refractivity contribution is -0.138. The molecule has 0 atom stereocenters. The van der Waals surface area contributed by atoms with Gasteiger partial charge in [0.2, 0.25) is 0 Å². The molecule has 0 aliphatic carbocycles. The van der Waals surface area contributed by atoms with Gasteiger partial charge in [-0.1, -0.05) is 0 Å². The number of hydrogen-bond acceptors (Lipinski definition) is 5. The lowest BCUT2D eigenvalue weighted by Crippen LogP contribution is -2.06. The average molecular weight is 373 g/mol. The third-order valence-electron chi connectivity index (χ3n) is 3.13. The first-order valence-corrected chi connectivity index (χ1v) is 6.74. The van der Waals surface area contributed by atoms with Crippen LogP contribution in [0.1, 0.15) is 5.56 Å². The van der Waals surface area contributed by atoms with Crippen LogP contribution in [0.5, 0.6) is 0 Å². The lowest BCUT2D eigenvalue weighted by Gasteiger charge is -2.06. The van der Waals surface area contributed by atoms with Crippen molar-refractivity contribution in [3.05, 3.63) is 28.9 Å². The maximum absolute atomic E-state index is 12.6. The van der Waals surface area contributed by atoms with Crippen LogP contribution in [-0.4, -0.2) is 24.5 Å². The number of alkyl halides is 3. The van der Waals surface area contributed by atoms with E-state index in [2.05, 4.69) is 35.9 Å². The first kappa shape index (κ1) is 14.7. The van der Waals surface area contributed by atoms with Crippen molar-refractivity contribution in [2.24, 2.45) is 7.05 Å². The second kappa shape index (κ2) is 4.90. The van der Waals surface area contributed by atoms with Gasteiger partial charge in [0, 0.05) is 19.4 Å². The fourth-order valence-corrected chi connectivity index (χ4v) is 2.60. The van der Waals surface area contributed by atoms with Crippen molar-refractivity contribution in [3.63, 3.8) is 0 Å². The molecule has 0 aliphatic heterocycles.